The molecule has 0 aliphatic rings. The maximum atomic E-state index is 6.10. The monoisotopic (exact) mass is 407 g/mol. The second-order valence-corrected chi connectivity index (χ2v) is 8.17. The molecule has 1 heterocycles. The second kappa shape index (κ2) is 8.78. The highest BCUT2D eigenvalue weighted by Crippen LogP contribution is 2.40. The third-order valence-corrected chi connectivity index (χ3v) is 6.24. The van der Waals surface area contributed by atoms with Crippen molar-refractivity contribution < 1.29 is 4.74 Å². The lowest BCUT2D eigenvalue weighted by atomic mass is 9.99. The highest BCUT2D eigenvalue weighted by molar-refractivity contribution is 7.22. The molecule has 0 spiro atoms. The van der Waals surface area contributed by atoms with Gasteiger partial charge in [0.25, 0.3) is 0 Å². The SMILES string of the molecule is CNCCOc1ccc(Cc2c(-c3ccc(Cl)cc3)sc3ccccc23)cc1. The van der Waals surface area contributed by atoms with Crippen molar-refractivity contribution in [1.82, 2.24) is 5.32 Å². The predicted molar refractivity (Wildman–Crippen MR) is 121 cm³/mol. The molecule has 3 aromatic carbocycles. The Morgan fingerprint density at radius 1 is 0.929 bits per heavy atom. The molecule has 142 valence electrons. The lowest BCUT2D eigenvalue weighted by molar-refractivity contribution is 0.318. The summed E-state index contributed by atoms with van der Waals surface area (Å²) < 4.78 is 7.05. The van der Waals surface area contributed by atoms with Crippen LogP contribution in [0.5, 0.6) is 5.75 Å². The molecule has 0 atom stereocenters. The Balaban J connectivity index is 1.66. The quantitative estimate of drug-likeness (QED) is 0.357. The summed E-state index contributed by atoms with van der Waals surface area (Å²) in [5, 5.41) is 5.18. The van der Waals surface area contributed by atoms with Gasteiger partial charge in [0.1, 0.15) is 12.4 Å². The fourth-order valence-corrected chi connectivity index (χ4v) is 4.64. The number of halogens is 1. The number of likely N-dealkylation sites (N-methyl/N-ethyl adjacent to an activating group) is 1. The minimum absolute atomic E-state index is 0.672. The van der Waals surface area contributed by atoms with Crippen LogP contribution in [0.4, 0.5) is 0 Å². The van der Waals surface area contributed by atoms with Gasteiger partial charge in [-0.25, -0.2) is 0 Å². The van der Waals surface area contributed by atoms with Crippen molar-refractivity contribution in [3.8, 4) is 16.2 Å². The second-order valence-electron chi connectivity index (χ2n) is 6.69. The van der Waals surface area contributed by atoms with Crippen molar-refractivity contribution in [1.29, 1.82) is 0 Å². The molecule has 4 aromatic rings. The van der Waals surface area contributed by atoms with Crippen LogP contribution < -0.4 is 10.1 Å². The van der Waals surface area contributed by atoms with Gasteiger partial charge in [0.15, 0.2) is 0 Å². The fourth-order valence-electron chi connectivity index (χ4n) is 3.29. The summed E-state index contributed by atoms with van der Waals surface area (Å²) in [5.74, 6) is 0.909. The molecule has 0 saturated carbocycles. The van der Waals surface area contributed by atoms with Gasteiger partial charge in [0.05, 0.1) is 0 Å². The summed E-state index contributed by atoms with van der Waals surface area (Å²) >= 11 is 7.94. The van der Waals surface area contributed by atoms with Gasteiger partial charge in [-0.15, -0.1) is 11.3 Å². The van der Waals surface area contributed by atoms with Crippen LogP contribution in [0.3, 0.4) is 0 Å². The van der Waals surface area contributed by atoms with Gasteiger partial charge in [-0.05, 0) is 65.9 Å². The zero-order valence-corrected chi connectivity index (χ0v) is 17.3. The number of nitrogens with one attached hydrogen (secondary N) is 1. The fraction of sp³-hybridized carbons (Fsp3) is 0.167. The topological polar surface area (TPSA) is 21.3 Å². The number of rotatable bonds is 7. The van der Waals surface area contributed by atoms with Crippen LogP contribution in [0.1, 0.15) is 11.1 Å². The first-order valence-electron chi connectivity index (χ1n) is 9.37. The molecule has 4 heteroatoms. The third kappa shape index (κ3) is 4.22. The molecule has 0 aliphatic heterocycles. The zero-order valence-electron chi connectivity index (χ0n) is 15.7. The first kappa shape index (κ1) is 19.0. The number of fused-ring (bicyclic) bond motifs is 1. The van der Waals surface area contributed by atoms with Crippen LogP contribution in [0, 0.1) is 0 Å². The summed E-state index contributed by atoms with van der Waals surface area (Å²) in [5.41, 5.74) is 3.86. The van der Waals surface area contributed by atoms with Crippen LogP contribution in [0.15, 0.2) is 72.8 Å². The van der Waals surface area contributed by atoms with E-state index >= 15 is 0 Å². The van der Waals surface area contributed by atoms with Crippen LogP contribution in [-0.2, 0) is 6.42 Å². The summed E-state index contributed by atoms with van der Waals surface area (Å²) in [4.78, 5) is 1.31. The minimum atomic E-state index is 0.672. The summed E-state index contributed by atoms with van der Waals surface area (Å²) in [6, 6.07) is 25.2. The Morgan fingerprint density at radius 2 is 1.68 bits per heavy atom. The lowest BCUT2D eigenvalue weighted by Crippen LogP contribution is -2.15. The van der Waals surface area contributed by atoms with Crippen molar-refractivity contribution in [3.63, 3.8) is 0 Å². The first-order chi connectivity index (χ1) is 13.7. The highest BCUT2D eigenvalue weighted by Gasteiger charge is 2.14. The van der Waals surface area contributed by atoms with Crippen LogP contribution in [0.2, 0.25) is 5.02 Å². The summed E-state index contributed by atoms with van der Waals surface area (Å²) in [6.07, 6.45) is 0.888. The van der Waals surface area contributed by atoms with E-state index in [0.717, 1.165) is 23.7 Å². The Kier molecular flexibility index (Phi) is 5.96. The number of hydrogen-bond acceptors (Lipinski definition) is 3. The van der Waals surface area contributed by atoms with E-state index in [1.54, 1.807) is 0 Å². The Morgan fingerprint density at radius 3 is 2.43 bits per heavy atom. The van der Waals surface area contributed by atoms with E-state index in [-0.39, 0.29) is 0 Å². The molecule has 0 radical (unpaired) electrons. The van der Waals surface area contributed by atoms with Crippen LogP contribution in [0.25, 0.3) is 20.5 Å². The van der Waals surface area contributed by atoms with Crippen molar-refractivity contribution >= 4 is 33.0 Å². The van der Waals surface area contributed by atoms with E-state index in [1.165, 1.54) is 31.7 Å². The molecular weight excluding hydrogens is 386 g/mol. The number of thiophene rings is 1. The molecule has 1 aromatic heterocycles. The van der Waals surface area contributed by atoms with Crippen molar-refractivity contribution in [2.45, 2.75) is 6.42 Å². The smallest absolute Gasteiger partial charge is 0.119 e. The van der Waals surface area contributed by atoms with Gasteiger partial charge < -0.3 is 10.1 Å². The van der Waals surface area contributed by atoms with Gasteiger partial charge in [0, 0.05) is 21.1 Å². The van der Waals surface area contributed by atoms with Gasteiger partial charge in [-0.2, -0.15) is 0 Å². The Labute approximate surface area is 174 Å². The highest BCUT2D eigenvalue weighted by atomic mass is 35.5. The largest absolute Gasteiger partial charge is 0.492 e. The standard InChI is InChI=1S/C24H22ClNOS/c1-26-14-15-27-20-12-6-17(7-13-20)16-22-21-4-2-3-5-23(21)28-24(22)18-8-10-19(25)11-9-18/h2-13,26H,14-16H2,1H3. The van der Waals surface area contributed by atoms with E-state index < -0.39 is 0 Å². The molecule has 4 rings (SSSR count). The van der Waals surface area contributed by atoms with E-state index in [9.17, 15) is 0 Å². The average molecular weight is 408 g/mol. The molecule has 28 heavy (non-hydrogen) atoms. The van der Waals surface area contributed by atoms with Crippen molar-refractivity contribution in [2.24, 2.45) is 0 Å². The summed E-state index contributed by atoms with van der Waals surface area (Å²) in [7, 11) is 1.93. The van der Waals surface area contributed by atoms with Crippen LogP contribution >= 0.6 is 22.9 Å². The van der Waals surface area contributed by atoms with Crippen molar-refractivity contribution in [2.75, 3.05) is 20.2 Å². The Hall–Kier alpha value is -2.33. The normalized spacial score (nSPS) is 11.1. The molecule has 2 nitrogen and oxygen atoms in total. The molecule has 0 saturated heterocycles. The zero-order chi connectivity index (χ0) is 19.3. The van der Waals surface area contributed by atoms with Gasteiger partial charge in [-0.3, -0.25) is 0 Å². The maximum Gasteiger partial charge on any atom is 0.119 e. The maximum absolute atomic E-state index is 6.10. The van der Waals surface area contributed by atoms with Gasteiger partial charge >= 0.3 is 0 Å². The van der Waals surface area contributed by atoms with E-state index in [2.05, 4.69) is 66.0 Å². The van der Waals surface area contributed by atoms with Crippen LogP contribution in [-0.4, -0.2) is 20.2 Å². The Bertz CT molecular complexity index is 1050. The minimum Gasteiger partial charge on any atom is -0.492 e. The lowest BCUT2D eigenvalue weighted by Gasteiger charge is -2.09. The first-order valence-corrected chi connectivity index (χ1v) is 10.6. The molecule has 0 bridgehead atoms. The summed E-state index contributed by atoms with van der Waals surface area (Å²) in [6.45, 7) is 1.51. The number of ether oxygens (including phenoxy) is 1. The third-order valence-electron chi connectivity index (χ3n) is 4.73. The van der Waals surface area contributed by atoms with Crippen molar-refractivity contribution in [3.05, 3.63) is 88.9 Å². The van der Waals surface area contributed by atoms with E-state index in [0.29, 0.717) is 6.61 Å². The molecule has 1 N–H and O–H groups in total. The molecule has 0 fully saturated rings. The molecule has 0 amide bonds. The molecule has 0 aliphatic carbocycles. The van der Waals surface area contributed by atoms with Gasteiger partial charge in [-0.1, -0.05) is 54.1 Å². The average Bonchev–Trinajstić information content (AvgIpc) is 3.08. The number of hydrogen-bond donors (Lipinski definition) is 1. The molecule has 0 unspecified atom stereocenters. The predicted octanol–water partition coefficient (Wildman–Crippen LogP) is 6.41. The number of benzene rings is 3. The molecular formula is C24H22ClNOS. The van der Waals surface area contributed by atoms with E-state index in [1.807, 2.05) is 30.5 Å². The van der Waals surface area contributed by atoms with Gasteiger partial charge in [0.2, 0.25) is 0 Å². The van der Waals surface area contributed by atoms with E-state index in [4.69, 9.17) is 16.3 Å².